The molecule has 0 saturated heterocycles. The first-order valence-electron chi connectivity index (χ1n) is 7.71. The van der Waals surface area contributed by atoms with Crippen molar-refractivity contribution in [2.24, 2.45) is 14.1 Å². The maximum absolute atomic E-state index is 12.5. The molecule has 10 heteroatoms. The van der Waals surface area contributed by atoms with Crippen molar-refractivity contribution in [1.82, 2.24) is 24.9 Å². The first kappa shape index (κ1) is 17.9. The molecule has 0 aromatic carbocycles. The van der Waals surface area contributed by atoms with Crippen molar-refractivity contribution in [2.45, 2.75) is 13.5 Å². The molecule has 3 aromatic rings. The van der Waals surface area contributed by atoms with Crippen LogP contribution in [0.2, 0.25) is 0 Å². The molecule has 0 fully saturated rings. The van der Waals surface area contributed by atoms with Crippen LogP contribution >= 0.6 is 15.9 Å². The minimum absolute atomic E-state index is 0.108. The quantitative estimate of drug-likeness (QED) is 0.656. The van der Waals surface area contributed by atoms with Crippen molar-refractivity contribution in [1.29, 1.82) is 0 Å². The molecule has 0 aliphatic heterocycles. The van der Waals surface area contributed by atoms with Gasteiger partial charge in [0.2, 0.25) is 0 Å². The molecular formula is C16H17BrN6O3. The number of aromatic nitrogens is 4. The Morgan fingerprint density at radius 2 is 2.00 bits per heavy atom. The maximum Gasteiger partial charge on any atom is 0.277 e. The van der Waals surface area contributed by atoms with Crippen LogP contribution in [-0.4, -0.2) is 31.4 Å². The first-order valence-corrected chi connectivity index (χ1v) is 8.50. The molecule has 0 aliphatic rings. The van der Waals surface area contributed by atoms with Crippen LogP contribution in [0.25, 0.3) is 0 Å². The van der Waals surface area contributed by atoms with E-state index in [2.05, 4.69) is 36.8 Å². The summed E-state index contributed by atoms with van der Waals surface area (Å²) in [6.45, 7) is 2.06. The zero-order valence-corrected chi connectivity index (χ0v) is 16.0. The van der Waals surface area contributed by atoms with E-state index in [1.165, 1.54) is 10.9 Å². The lowest BCUT2D eigenvalue weighted by Crippen LogP contribution is -2.25. The molecule has 136 valence electrons. The van der Waals surface area contributed by atoms with Gasteiger partial charge in [-0.3, -0.25) is 19.0 Å². The van der Waals surface area contributed by atoms with Gasteiger partial charge in [-0.05, 0) is 35.0 Å². The summed E-state index contributed by atoms with van der Waals surface area (Å²) in [7, 11) is 3.41. The fourth-order valence-electron chi connectivity index (χ4n) is 2.32. The fourth-order valence-corrected chi connectivity index (χ4v) is 2.84. The smallest absolute Gasteiger partial charge is 0.277 e. The highest BCUT2D eigenvalue weighted by atomic mass is 79.9. The van der Waals surface area contributed by atoms with Crippen molar-refractivity contribution in [3.8, 4) is 0 Å². The van der Waals surface area contributed by atoms with Gasteiger partial charge in [-0.1, -0.05) is 0 Å². The number of aryl methyl sites for hydroxylation is 2. The van der Waals surface area contributed by atoms with Gasteiger partial charge in [0.15, 0.2) is 11.4 Å². The lowest BCUT2D eigenvalue weighted by atomic mass is 10.3. The predicted octanol–water partition coefficient (Wildman–Crippen LogP) is 2.00. The number of carbonyl (C=O) groups excluding carboxylic acids is 2. The van der Waals surface area contributed by atoms with Gasteiger partial charge in [0.05, 0.1) is 28.7 Å². The number of amides is 2. The van der Waals surface area contributed by atoms with Crippen molar-refractivity contribution < 1.29 is 14.0 Å². The number of anilines is 1. The van der Waals surface area contributed by atoms with E-state index in [4.69, 9.17) is 4.42 Å². The molecule has 0 aliphatic carbocycles. The molecular weight excluding hydrogens is 404 g/mol. The summed E-state index contributed by atoms with van der Waals surface area (Å²) in [5.74, 6) is -0.241. The average molecular weight is 421 g/mol. The molecule has 0 bridgehead atoms. The number of rotatable bonds is 5. The Morgan fingerprint density at radius 1 is 1.23 bits per heavy atom. The summed E-state index contributed by atoms with van der Waals surface area (Å²) < 4.78 is 8.83. The van der Waals surface area contributed by atoms with Crippen molar-refractivity contribution in [3.05, 3.63) is 51.9 Å². The molecule has 2 amide bonds. The van der Waals surface area contributed by atoms with Gasteiger partial charge in [-0.15, -0.1) is 0 Å². The van der Waals surface area contributed by atoms with Crippen molar-refractivity contribution in [2.75, 3.05) is 5.32 Å². The van der Waals surface area contributed by atoms with E-state index in [1.807, 2.05) is 6.92 Å². The second-order valence-corrected chi connectivity index (χ2v) is 6.45. The third-order valence-corrected chi connectivity index (χ3v) is 4.72. The van der Waals surface area contributed by atoms with Gasteiger partial charge in [0.1, 0.15) is 5.76 Å². The second-order valence-electron chi connectivity index (χ2n) is 5.65. The Hall–Kier alpha value is -2.88. The number of furan rings is 1. The molecule has 26 heavy (non-hydrogen) atoms. The Kier molecular flexibility index (Phi) is 4.94. The monoisotopic (exact) mass is 420 g/mol. The van der Waals surface area contributed by atoms with Crippen LogP contribution in [0.1, 0.15) is 32.4 Å². The Balaban J connectivity index is 1.77. The van der Waals surface area contributed by atoms with E-state index < -0.39 is 11.8 Å². The van der Waals surface area contributed by atoms with Gasteiger partial charge < -0.3 is 15.1 Å². The van der Waals surface area contributed by atoms with Crippen LogP contribution in [0.4, 0.5) is 5.69 Å². The highest BCUT2D eigenvalue weighted by Gasteiger charge is 2.22. The molecule has 0 radical (unpaired) electrons. The summed E-state index contributed by atoms with van der Waals surface area (Å²) >= 11 is 3.36. The average Bonchev–Trinajstić information content (AvgIpc) is 3.30. The molecule has 3 rings (SSSR count). The fraction of sp³-hybridized carbons (Fsp3) is 0.250. The van der Waals surface area contributed by atoms with Crippen molar-refractivity contribution in [3.63, 3.8) is 0 Å². The molecule has 0 spiro atoms. The van der Waals surface area contributed by atoms with Gasteiger partial charge >= 0.3 is 0 Å². The maximum atomic E-state index is 12.5. The van der Waals surface area contributed by atoms with Crippen LogP contribution in [0.15, 0.2) is 33.5 Å². The number of nitrogens with one attached hydrogen (secondary N) is 2. The van der Waals surface area contributed by atoms with Crippen LogP contribution in [0.3, 0.4) is 0 Å². The van der Waals surface area contributed by atoms with E-state index in [0.717, 1.165) is 5.69 Å². The number of hydrogen-bond donors (Lipinski definition) is 2. The van der Waals surface area contributed by atoms with E-state index in [-0.39, 0.29) is 17.9 Å². The summed E-state index contributed by atoms with van der Waals surface area (Å²) in [5.41, 5.74) is 1.45. The lowest BCUT2D eigenvalue weighted by molar-refractivity contribution is 0.0943. The van der Waals surface area contributed by atoms with Crippen LogP contribution in [0, 0.1) is 6.92 Å². The molecule has 2 N–H and O–H groups in total. The zero-order chi connectivity index (χ0) is 18.8. The number of halogens is 1. The van der Waals surface area contributed by atoms with E-state index >= 15 is 0 Å². The minimum Gasteiger partial charge on any atom is -0.467 e. The lowest BCUT2D eigenvalue weighted by Gasteiger charge is -2.05. The number of carbonyl (C=O) groups is 2. The van der Waals surface area contributed by atoms with Gasteiger partial charge in [-0.2, -0.15) is 10.2 Å². The van der Waals surface area contributed by atoms with E-state index in [0.29, 0.717) is 15.9 Å². The van der Waals surface area contributed by atoms with Crippen LogP contribution in [0.5, 0.6) is 0 Å². The largest absolute Gasteiger partial charge is 0.467 e. The normalized spacial score (nSPS) is 10.8. The predicted molar refractivity (Wildman–Crippen MR) is 96.7 cm³/mol. The minimum atomic E-state index is -0.436. The SMILES string of the molecule is Cc1c(Br)c(C(=O)Nc2cn(C)nc2C(=O)NCc2ccco2)nn1C. The van der Waals surface area contributed by atoms with Crippen molar-refractivity contribution >= 4 is 33.4 Å². The van der Waals surface area contributed by atoms with E-state index in [1.54, 1.807) is 37.1 Å². The Bertz CT molecular complexity index is 957. The highest BCUT2D eigenvalue weighted by molar-refractivity contribution is 9.10. The van der Waals surface area contributed by atoms with Gasteiger partial charge in [0, 0.05) is 20.3 Å². The molecule has 3 aromatic heterocycles. The molecule has 0 saturated carbocycles. The summed E-state index contributed by atoms with van der Waals surface area (Å²) in [4.78, 5) is 24.9. The first-order chi connectivity index (χ1) is 12.4. The summed E-state index contributed by atoms with van der Waals surface area (Å²) in [5, 5.41) is 13.7. The summed E-state index contributed by atoms with van der Waals surface area (Å²) in [6, 6.07) is 3.49. The Morgan fingerprint density at radius 3 is 2.62 bits per heavy atom. The zero-order valence-electron chi connectivity index (χ0n) is 14.4. The van der Waals surface area contributed by atoms with Crippen LogP contribution in [-0.2, 0) is 20.6 Å². The molecule has 3 heterocycles. The third-order valence-electron chi connectivity index (χ3n) is 3.77. The number of hydrogen-bond acceptors (Lipinski definition) is 5. The topological polar surface area (TPSA) is 107 Å². The molecule has 0 unspecified atom stereocenters. The summed E-state index contributed by atoms with van der Waals surface area (Å²) in [6.07, 6.45) is 3.09. The standard InChI is InChI=1S/C16H17BrN6O3/c1-9-12(17)14(21-23(9)3)16(25)19-11-8-22(2)20-13(11)15(24)18-7-10-5-4-6-26-10/h4-6,8H,7H2,1-3H3,(H,18,24)(H,19,25). The van der Waals surface area contributed by atoms with Gasteiger partial charge in [0.25, 0.3) is 11.8 Å². The molecule has 0 atom stereocenters. The highest BCUT2D eigenvalue weighted by Crippen LogP contribution is 2.22. The molecule has 9 nitrogen and oxygen atoms in total. The number of nitrogens with zero attached hydrogens (tertiary/aromatic N) is 4. The third kappa shape index (κ3) is 3.54. The van der Waals surface area contributed by atoms with Gasteiger partial charge in [-0.25, -0.2) is 0 Å². The Labute approximate surface area is 157 Å². The van der Waals surface area contributed by atoms with Crippen LogP contribution < -0.4 is 10.6 Å². The second kappa shape index (κ2) is 7.16. The van der Waals surface area contributed by atoms with E-state index in [9.17, 15) is 9.59 Å².